The number of hydrogen-bond acceptors (Lipinski definition) is 9. The normalized spacial score (nSPS) is 16.1. The summed E-state index contributed by atoms with van der Waals surface area (Å²) >= 11 is 0. The Hall–Kier alpha value is -7.09. The van der Waals surface area contributed by atoms with E-state index in [1.165, 1.54) is 4.90 Å². The number of hydrogen-bond donors (Lipinski definition) is 2. The van der Waals surface area contributed by atoms with Crippen LogP contribution in [0.3, 0.4) is 0 Å². The largest absolute Gasteiger partial charge is 0.489 e. The third-order valence-corrected chi connectivity index (χ3v) is 11.2. The Balaban J connectivity index is 0.996. The van der Waals surface area contributed by atoms with Crippen LogP contribution in [0.5, 0.6) is 17.2 Å². The molecule has 0 aliphatic carbocycles. The van der Waals surface area contributed by atoms with Gasteiger partial charge in [-0.2, -0.15) is 0 Å². The molecule has 2 N–H and O–H groups in total. The zero-order valence-corrected chi connectivity index (χ0v) is 33.8. The van der Waals surface area contributed by atoms with Gasteiger partial charge in [-0.1, -0.05) is 36.4 Å². The number of aromatic nitrogens is 2. The zero-order valence-electron chi connectivity index (χ0n) is 33.8. The number of fused-ring (bicyclic) bond motifs is 2. The van der Waals surface area contributed by atoms with Crippen molar-refractivity contribution < 1.29 is 46.9 Å². The average Bonchev–Trinajstić information content (AvgIpc) is 3.60. The number of nitrogens with one attached hydrogen (secondary N) is 1. The number of pyridine rings is 1. The summed E-state index contributed by atoms with van der Waals surface area (Å²) in [5, 5.41) is 13.0. The standard InChI is InChI=1S/C47H42F2N4O8/c1-25-26(2)50-16-15-37(25)30-7-5-29(6-8-30)17-39(47(56)57)52-45(54)40-19-32-20-41-42(21-33(32)22-53(40)46(55)44-27(3)60-28(4)51-44)61-43(24-59-41)31-9-12-36(13-10-31)58-23-34-18-35(48)11-14-38(34)49/h5-16,18,20-21,39-40,43H,17,19,22-24H2,1-4H3,(H,52,54)(H,56,57). The van der Waals surface area contributed by atoms with Gasteiger partial charge in [-0.15, -0.1) is 0 Å². The maximum absolute atomic E-state index is 14.2. The molecule has 2 aromatic heterocycles. The number of nitrogens with zero attached hydrogens (tertiary/aromatic N) is 3. The second-order valence-electron chi connectivity index (χ2n) is 15.2. The summed E-state index contributed by atoms with van der Waals surface area (Å²) in [7, 11) is 0. The van der Waals surface area contributed by atoms with Crippen molar-refractivity contribution in [1.82, 2.24) is 20.2 Å². The maximum Gasteiger partial charge on any atom is 0.326 e. The SMILES string of the molecule is Cc1nc(C(=O)N2Cc3cc4c(cc3CC2C(=O)NC(Cc2ccc(-c3ccnc(C)c3C)cc2)C(=O)O)OCC(c2ccc(OCc3cc(F)ccc3F)cc2)O4)c(C)o1. The van der Waals surface area contributed by atoms with Crippen molar-refractivity contribution in [3.8, 4) is 28.4 Å². The Kier molecular flexibility index (Phi) is 11.3. The van der Waals surface area contributed by atoms with Gasteiger partial charge in [0.1, 0.15) is 48.4 Å². The van der Waals surface area contributed by atoms with Gasteiger partial charge in [0.2, 0.25) is 5.91 Å². The van der Waals surface area contributed by atoms with E-state index >= 15 is 0 Å². The van der Waals surface area contributed by atoms with Crippen molar-refractivity contribution in [2.45, 2.75) is 71.9 Å². The van der Waals surface area contributed by atoms with Crippen LogP contribution in [0.15, 0.2) is 95.5 Å². The molecule has 2 aliphatic heterocycles. The first kappa shape index (κ1) is 40.7. The summed E-state index contributed by atoms with van der Waals surface area (Å²) in [5.41, 5.74) is 7.04. The minimum Gasteiger partial charge on any atom is -0.489 e. The van der Waals surface area contributed by atoms with Crippen LogP contribution < -0.4 is 19.5 Å². The first-order chi connectivity index (χ1) is 29.3. The molecular weight excluding hydrogens is 787 g/mol. The second kappa shape index (κ2) is 16.9. The van der Waals surface area contributed by atoms with Crippen LogP contribution in [-0.2, 0) is 35.6 Å². The van der Waals surface area contributed by atoms with Crippen LogP contribution in [0.25, 0.3) is 11.1 Å². The van der Waals surface area contributed by atoms with Gasteiger partial charge in [-0.05, 0) is 108 Å². The van der Waals surface area contributed by atoms with Crippen LogP contribution in [-0.4, -0.2) is 56.4 Å². The molecule has 8 rings (SSSR count). The van der Waals surface area contributed by atoms with E-state index in [-0.39, 0.29) is 49.7 Å². The van der Waals surface area contributed by atoms with Gasteiger partial charge in [-0.3, -0.25) is 14.6 Å². The summed E-state index contributed by atoms with van der Waals surface area (Å²) in [6.07, 6.45) is 1.32. The number of carbonyl (C=O) groups excluding carboxylic acids is 2. The monoisotopic (exact) mass is 828 g/mol. The van der Waals surface area contributed by atoms with Gasteiger partial charge in [0.15, 0.2) is 29.2 Å². The van der Waals surface area contributed by atoms with Crippen LogP contribution in [0.4, 0.5) is 8.78 Å². The lowest BCUT2D eigenvalue weighted by atomic mass is 9.91. The highest BCUT2D eigenvalue weighted by molar-refractivity contribution is 5.98. The highest BCUT2D eigenvalue weighted by atomic mass is 19.1. The highest BCUT2D eigenvalue weighted by Crippen LogP contribution is 2.41. The van der Waals surface area contributed by atoms with Crippen molar-refractivity contribution >= 4 is 17.8 Å². The van der Waals surface area contributed by atoms with Crippen molar-refractivity contribution in [2.75, 3.05) is 6.61 Å². The molecule has 0 radical (unpaired) electrons. The summed E-state index contributed by atoms with van der Waals surface area (Å²) in [4.78, 5) is 51.0. The third kappa shape index (κ3) is 8.65. The number of amides is 2. The number of carboxylic acids is 1. The molecule has 61 heavy (non-hydrogen) atoms. The lowest BCUT2D eigenvalue weighted by Crippen LogP contribution is -2.56. The van der Waals surface area contributed by atoms with Crippen molar-refractivity contribution in [3.05, 3.63) is 159 Å². The Morgan fingerprint density at radius 3 is 2.41 bits per heavy atom. The van der Waals surface area contributed by atoms with E-state index in [2.05, 4.69) is 15.3 Å². The van der Waals surface area contributed by atoms with E-state index in [4.69, 9.17) is 18.6 Å². The summed E-state index contributed by atoms with van der Waals surface area (Å²) < 4.78 is 51.5. The predicted octanol–water partition coefficient (Wildman–Crippen LogP) is 7.72. The Morgan fingerprint density at radius 1 is 0.934 bits per heavy atom. The minimum atomic E-state index is -1.29. The maximum atomic E-state index is 14.2. The zero-order chi connectivity index (χ0) is 42.9. The number of halogens is 2. The van der Waals surface area contributed by atoms with Gasteiger partial charge in [0.25, 0.3) is 5.91 Å². The number of benzene rings is 4. The lowest BCUT2D eigenvalue weighted by Gasteiger charge is -2.37. The lowest BCUT2D eigenvalue weighted by molar-refractivity contribution is -0.142. The van der Waals surface area contributed by atoms with E-state index in [1.54, 1.807) is 56.4 Å². The number of aryl methyl sites for hydroxylation is 3. The molecule has 0 saturated heterocycles. The molecule has 4 aromatic carbocycles. The Labute approximate surface area is 350 Å². The fourth-order valence-corrected chi connectivity index (χ4v) is 7.70. The summed E-state index contributed by atoms with van der Waals surface area (Å²) in [5.74, 6) is -1.58. The molecule has 3 atom stereocenters. The average molecular weight is 829 g/mol. The predicted molar refractivity (Wildman–Crippen MR) is 218 cm³/mol. The molecule has 0 bridgehead atoms. The quantitative estimate of drug-likeness (QED) is 0.133. The highest BCUT2D eigenvalue weighted by Gasteiger charge is 2.39. The first-order valence-electron chi connectivity index (χ1n) is 19.7. The van der Waals surface area contributed by atoms with Gasteiger partial charge in [0.05, 0.1) is 0 Å². The summed E-state index contributed by atoms with van der Waals surface area (Å²) in [6.45, 7) is 7.20. The Morgan fingerprint density at radius 2 is 1.69 bits per heavy atom. The molecule has 12 nitrogen and oxygen atoms in total. The number of ether oxygens (including phenoxy) is 3. The number of aliphatic carboxylic acids is 1. The number of carboxylic acid groups (broad SMARTS) is 1. The molecular formula is C47H42F2N4O8. The minimum absolute atomic E-state index is 0.00997. The van der Waals surface area contributed by atoms with Crippen LogP contribution in [0.1, 0.15) is 67.3 Å². The molecule has 6 aromatic rings. The van der Waals surface area contributed by atoms with Gasteiger partial charge in [-0.25, -0.2) is 18.6 Å². The fourth-order valence-electron chi connectivity index (χ4n) is 7.70. The topological polar surface area (TPSA) is 153 Å². The van der Waals surface area contributed by atoms with Crippen LogP contribution in [0.2, 0.25) is 0 Å². The van der Waals surface area contributed by atoms with Crippen LogP contribution >= 0.6 is 0 Å². The molecule has 2 aliphatic rings. The Bertz CT molecular complexity index is 2650. The number of oxazole rings is 1. The molecule has 0 fully saturated rings. The van der Waals surface area contributed by atoms with Crippen molar-refractivity contribution in [1.29, 1.82) is 0 Å². The molecule has 2 amide bonds. The summed E-state index contributed by atoms with van der Waals surface area (Å²) in [6, 6.07) is 20.9. The van der Waals surface area contributed by atoms with E-state index in [1.807, 2.05) is 44.2 Å². The van der Waals surface area contributed by atoms with E-state index in [0.717, 1.165) is 51.7 Å². The van der Waals surface area contributed by atoms with Crippen LogP contribution in [0, 0.1) is 39.3 Å². The third-order valence-electron chi connectivity index (χ3n) is 11.2. The molecule has 0 saturated carbocycles. The number of rotatable bonds is 11. The smallest absolute Gasteiger partial charge is 0.326 e. The van der Waals surface area contributed by atoms with E-state index in [0.29, 0.717) is 34.1 Å². The molecule has 3 unspecified atom stereocenters. The second-order valence-corrected chi connectivity index (χ2v) is 15.2. The molecule has 4 heterocycles. The number of carbonyl (C=O) groups is 3. The van der Waals surface area contributed by atoms with E-state index < -0.39 is 47.6 Å². The van der Waals surface area contributed by atoms with Gasteiger partial charge >= 0.3 is 5.97 Å². The van der Waals surface area contributed by atoms with Crippen molar-refractivity contribution in [3.63, 3.8) is 0 Å². The molecule has 14 heteroatoms. The fraction of sp³-hybridized carbons (Fsp3) is 0.255. The van der Waals surface area contributed by atoms with Crippen molar-refractivity contribution in [2.24, 2.45) is 0 Å². The molecule has 0 spiro atoms. The van der Waals surface area contributed by atoms with Gasteiger partial charge < -0.3 is 34.0 Å². The molecule has 312 valence electrons. The van der Waals surface area contributed by atoms with E-state index in [9.17, 15) is 28.3 Å². The first-order valence-corrected chi connectivity index (χ1v) is 19.7. The van der Waals surface area contributed by atoms with Gasteiger partial charge in [0, 0.05) is 43.8 Å².